The summed E-state index contributed by atoms with van der Waals surface area (Å²) in [6.07, 6.45) is 1.53. The lowest BCUT2D eigenvalue weighted by Crippen LogP contribution is -2.45. The molecule has 0 spiro atoms. The van der Waals surface area contributed by atoms with E-state index >= 15 is 0 Å². The van der Waals surface area contributed by atoms with Gasteiger partial charge in [0.2, 0.25) is 0 Å². The predicted molar refractivity (Wildman–Crippen MR) is 164 cm³/mol. The van der Waals surface area contributed by atoms with Crippen molar-refractivity contribution < 1.29 is 23.8 Å². The first-order valence-corrected chi connectivity index (χ1v) is 14.0. The van der Waals surface area contributed by atoms with Crippen LogP contribution in [0.15, 0.2) is 93.6 Å². The molecule has 1 amide bonds. The van der Waals surface area contributed by atoms with Crippen LogP contribution in [0.1, 0.15) is 36.6 Å². The molecule has 212 valence electrons. The van der Waals surface area contributed by atoms with Gasteiger partial charge >= 0.3 is 5.97 Å². The number of esters is 1. The monoisotopic (exact) mass is 636 g/mol. The van der Waals surface area contributed by atoms with Crippen LogP contribution < -0.4 is 25.5 Å². The van der Waals surface area contributed by atoms with Gasteiger partial charge in [-0.2, -0.15) is 5.10 Å². The Bertz CT molecular complexity index is 1480. The topological polar surface area (TPSA) is 110 Å². The van der Waals surface area contributed by atoms with E-state index in [4.69, 9.17) is 26.4 Å². The minimum absolute atomic E-state index is 0.231. The van der Waals surface area contributed by atoms with Gasteiger partial charge in [0.05, 0.1) is 24.4 Å². The van der Waals surface area contributed by atoms with E-state index in [-0.39, 0.29) is 13.2 Å². The number of carbonyl (C=O) groups is 2. The minimum atomic E-state index is -0.613. The fraction of sp³-hybridized carbons (Fsp3) is 0.200. The van der Waals surface area contributed by atoms with Crippen LogP contribution in [-0.2, 0) is 20.9 Å². The van der Waals surface area contributed by atoms with E-state index in [0.29, 0.717) is 40.1 Å². The van der Waals surface area contributed by atoms with Crippen LogP contribution >= 0.6 is 28.1 Å². The molecule has 0 fully saturated rings. The normalized spacial score (nSPS) is 14.7. The number of amides is 1. The van der Waals surface area contributed by atoms with Crippen molar-refractivity contribution in [2.75, 3.05) is 13.2 Å². The number of nitrogens with zero attached hydrogens (tertiary/aromatic N) is 1. The van der Waals surface area contributed by atoms with Gasteiger partial charge in [-0.25, -0.2) is 10.2 Å². The molecule has 9 nitrogen and oxygen atoms in total. The second-order valence-corrected chi connectivity index (χ2v) is 10.2. The van der Waals surface area contributed by atoms with Crippen molar-refractivity contribution in [1.29, 1.82) is 0 Å². The first-order valence-electron chi connectivity index (χ1n) is 12.8. The van der Waals surface area contributed by atoms with Crippen LogP contribution in [0.2, 0.25) is 0 Å². The van der Waals surface area contributed by atoms with Crippen LogP contribution in [0.5, 0.6) is 11.5 Å². The number of hydrogen-bond acceptors (Lipinski definition) is 7. The largest absolute Gasteiger partial charge is 0.489 e. The van der Waals surface area contributed by atoms with Crippen LogP contribution in [0, 0.1) is 0 Å². The van der Waals surface area contributed by atoms with Gasteiger partial charge in [-0.3, -0.25) is 4.79 Å². The number of thiocarbonyl (C=S) groups is 1. The fourth-order valence-corrected chi connectivity index (χ4v) is 4.58. The lowest BCUT2D eigenvalue weighted by Gasteiger charge is -2.30. The van der Waals surface area contributed by atoms with E-state index in [9.17, 15) is 9.59 Å². The number of rotatable bonds is 11. The number of hydrogen-bond donors (Lipinski definition) is 3. The minimum Gasteiger partial charge on any atom is -0.489 e. The van der Waals surface area contributed by atoms with Gasteiger partial charge in [-0.05, 0) is 67.5 Å². The Morgan fingerprint density at radius 1 is 1.07 bits per heavy atom. The zero-order valence-corrected chi connectivity index (χ0v) is 24.9. The molecule has 0 aromatic heterocycles. The molecular formula is C30H29BrN4O5S. The second-order valence-electron chi connectivity index (χ2n) is 8.90. The van der Waals surface area contributed by atoms with Crippen molar-refractivity contribution in [2.24, 2.45) is 5.10 Å². The molecule has 11 heteroatoms. The summed E-state index contributed by atoms with van der Waals surface area (Å²) < 4.78 is 18.0. The highest BCUT2D eigenvalue weighted by molar-refractivity contribution is 9.10. The summed E-state index contributed by atoms with van der Waals surface area (Å²) in [6.45, 7) is 3.86. The van der Waals surface area contributed by atoms with E-state index in [1.165, 1.54) is 6.21 Å². The van der Waals surface area contributed by atoms with Crippen molar-refractivity contribution in [3.8, 4) is 11.5 Å². The second kappa shape index (κ2) is 14.4. The van der Waals surface area contributed by atoms with Crippen LogP contribution in [0.3, 0.4) is 0 Å². The number of nitrogens with one attached hydrogen (secondary N) is 3. The van der Waals surface area contributed by atoms with Gasteiger partial charge < -0.3 is 24.8 Å². The molecule has 1 atom stereocenters. The Kier molecular flexibility index (Phi) is 10.5. The molecule has 0 unspecified atom stereocenters. The Morgan fingerprint density at radius 2 is 1.85 bits per heavy atom. The summed E-state index contributed by atoms with van der Waals surface area (Å²) in [6, 6.07) is 21.8. The van der Waals surface area contributed by atoms with E-state index in [1.54, 1.807) is 32.0 Å². The third-order valence-corrected chi connectivity index (χ3v) is 6.68. The molecule has 3 aromatic rings. The van der Waals surface area contributed by atoms with E-state index in [1.807, 2.05) is 54.6 Å². The summed E-state index contributed by atoms with van der Waals surface area (Å²) >= 11 is 8.73. The van der Waals surface area contributed by atoms with Crippen LogP contribution in [0.25, 0.3) is 0 Å². The molecule has 41 heavy (non-hydrogen) atoms. The molecule has 1 aliphatic heterocycles. The highest BCUT2D eigenvalue weighted by atomic mass is 79.9. The molecule has 4 rings (SSSR count). The third kappa shape index (κ3) is 8.38. The first-order chi connectivity index (χ1) is 19.8. The Hall–Kier alpha value is -4.22. The van der Waals surface area contributed by atoms with Crippen LogP contribution in [-0.4, -0.2) is 36.4 Å². The zero-order chi connectivity index (χ0) is 29.2. The number of para-hydroxylation sites is 1. The Morgan fingerprint density at radius 3 is 2.63 bits per heavy atom. The number of ether oxygens (including phenoxy) is 3. The molecule has 3 aromatic carbocycles. The lowest BCUT2D eigenvalue weighted by molar-refractivity contribution is -0.139. The van der Waals surface area contributed by atoms with Gasteiger partial charge in [-0.15, -0.1) is 0 Å². The Balaban J connectivity index is 1.35. The van der Waals surface area contributed by atoms with Crippen molar-refractivity contribution in [3.63, 3.8) is 0 Å². The molecule has 3 N–H and O–H groups in total. The highest BCUT2D eigenvalue weighted by Crippen LogP contribution is 2.33. The smallest absolute Gasteiger partial charge is 0.338 e. The average Bonchev–Trinajstić information content (AvgIpc) is 2.96. The molecule has 1 aliphatic rings. The quantitative estimate of drug-likeness (QED) is 0.118. The number of halogens is 1. The SMILES string of the molecule is CCOC(=O)C1=C(C)NC(=S)N[C@@H]1c1ccccc1OCC(=O)NN=Cc1cccc(OCc2ccc(Br)cc2)c1. The maximum absolute atomic E-state index is 12.7. The average molecular weight is 638 g/mol. The van der Waals surface area contributed by atoms with Crippen molar-refractivity contribution in [3.05, 3.63) is 105 Å². The van der Waals surface area contributed by atoms with Crippen LogP contribution in [0.4, 0.5) is 0 Å². The summed E-state index contributed by atoms with van der Waals surface area (Å²) in [4.78, 5) is 25.2. The van der Waals surface area contributed by atoms with E-state index in [0.717, 1.165) is 15.6 Å². The first kappa shape index (κ1) is 29.8. The van der Waals surface area contributed by atoms with Gasteiger partial charge in [-0.1, -0.05) is 58.4 Å². The van der Waals surface area contributed by atoms with E-state index < -0.39 is 17.9 Å². The molecule has 1 heterocycles. The lowest BCUT2D eigenvalue weighted by atomic mass is 9.95. The fourth-order valence-electron chi connectivity index (χ4n) is 4.04. The molecular weight excluding hydrogens is 608 g/mol. The maximum Gasteiger partial charge on any atom is 0.338 e. The summed E-state index contributed by atoms with van der Waals surface area (Å²) in [5.74, 6) is 0.173. The molecule has 0 aliphatic carbocycles. The van der Waals surface area contributed by atoms with Crippen molar-refractivity contribution >= 4 is 51.4 Å². The molecule has 0 bridgehead atoms. The van der Waals surface area contributed by atoms with Gasteiger partial charge in [0.15, 0.2) is 11.7 Å². The van der Waals surface area contributed by atoms with Gasteiger partial charge in [0.25, 0.3) is 5.91 Å². The molecule has 0 saturated carbocycles. The zero-order valence-electron chi connectivity index (χ0n) is 22.5. The maximum atomic E-state index is 12.7. The molecule has 0 saturated heterocycles. The highest BCUT2D eigenvalue weighted by Gasteiger charge is 2.32. The number of carbonyl (C=O) groups excluding carboxylic acids is 2. The number of hydrazone groups is 1. The summed E-state index contributed by atoms with van der Waals surface area (Å²) in [5.41, 5.74) is 5.87. The Labute approximate surface area is 252 Å². The molecule has 0 radical (unpaired) electrons. The predicted octanol–water partition coefficient (Wildman–Crippen LogP) is 4.91. The van der Waals surface area contributed by atoms with Gasteiger partial charge in [0.1, 0.15) is 18.1 Å². The van der Waals surface area contributed by atoms with Gasteiger partial charge in [0, 0.05) is 15.7 Å². The van der Waals surface area contributed by atoms with Crippen molar-refractivity contribution in [1.82, 2.24) is 16.1 Å². The van der Waals surface area contributed by atoms with Crippen molar-refractivity contribution in [2.45, 2.75) is 26.5 Å². The number of allylic oxidation sites excluding steroid dienone is 1. The number of benzene rings is 3. The summed E-state index contributed by atoms with van der Waals surface area (Å²) in [7, 11) is 0. The standard InChI is InChI=1S/C30H29BrN4O5S/c1-3-38-29(37)27-19(2)33-30(41)34-28(27)24-9-4-5-10-25(24)40-18-26(36)35-32-16-21-7-6-8-23(15-21)39-17-20-11-13-22(31)14-12-20/h4-16,28H,3,17-18H2,1-2H3,(H,35,36)(H2,33,34,41)/t28-/m1/s1. The summed E-state index contributed by atoms with van der Waals surface area (Å²) in [5, 5.41) is 10.5. The third-order valence-electron chi connectivity index (χ3n) is 5.93. The van der Waals surface area contributed by atoms with E-state index in [2.05, 4.69) is 37.1 Å².